The first-order chi connectivity index (χ1) is 13.3. The lowest BCUT2D eigenvalue weighted by Gasteiger charge is -2.33. The van der Waals surface area contributed by atoms with Gasteiger partial charge < -0.3 is 25.2 Å². The summed E-state index contributed by atoms with van der Waals surface area (Å²) < 4.78 is 5.56. The van der Waals surface area contributed by atoms with Crippen molar-refractivity contribution in [2.75, 3.05) is 39.3 Å². The highest BCUT2D eigenvalue weighted by Crippen LogP contribution is 2.28. The minimum absolute atomic E-state index is 0.216. The molecule has 2 aliphatic rings. The summed E-state index contributed by atoms with van der Waals surface area (Å²) >= 11 is 0. The molecule has 2 N–H and O–H groups in total. The van der Waals surface area contributed by atoms with Gasteiger partial charge in [0.15, 0.2) is 5.96 Å². The van der Waals surface area contributed by atoms with E-state index < -0.39 is 5.60 Å². The van der Waals surface area contributed by atoms with Gasteiger partial charge >= 0.3 is 6.09 Å². The molecule has 1 aliphatic heterocycles. The number of guanidine groups is 1. The van der Waals surface area contributed by atoms with Crippen LogP contribution in [0.2, 0.25) is 0 Å². The van der Waals surface area contributed by atoms with Crippen molar-refractivity contribution in [3.63, 3.8) is 0 Å². The molecule has 1 saturated heterocycles. The first-order valence-corrected chi connectivity index (χ1v) is 11.1. The van der Waals surface area contributed by atoms with Crippen molar-refractivity contribution in [1.82, 2.24) is 20.4 Å². The van der Waals surface area contributed by atoms with Crippen molar-refractivity contribution < 1.29 is 9.53 Å². The van der Waals surface area contributed by atoms with Crippen LogP contribution in [0.5, 0.6) is 0 Å². The van der Waals surface area contributed by atoms with Gasteiger partial charge in [0.25, 0.3) is 0 Å². The normalized spacial score (nSPS) is 19.4. The van der Waals surface area contributed by atoms with Crippen LogP contribution in [0.15, 0.2) is 4.99 Å². The molecule has 1 saturated carbocycles. The lowest BCUT2D eigenvalue weighted by atomic mass is 10.1. The Morgan fingerprint density at radius 3 is 2.39 bits per heavy atom. The zero-order chi connectivity index (χ0) is 20.6. The molecule has 1 amide bonds. The van der Waals surface area contributed by atoms with Crippen LogP contribution >= 0.6 is 0 Å². The van der Waals surface area contributed by atoms with Gasteiger partial charge in [-0.25, -0.2) is 4.79 Å². The fraction of sp³-hybridized carbons (Fsp3) is 0.905. The van der Waals surface area contributed by atoms with E-state index in [0.29, 0.717) is 25.2 Å². The van der Waals surface area contributed by atoms with Gasteiger partial charge in [-0.05, 0) is 66.3 Å². The van der Waals surface area contributed by atoms with Gasteiger partial charge in [-0.1, -0.05) is 6.92 Å². The van der Waals surface area contributed by atoms with E-state index in [2.05, 4.69) is 29.4 Å². The smallest absolute Gasteiger partial charge is 0.410 e. The predicted molar refractivity (Wildman–Crippen MR) is 115 cm³/mol. The number of piperidine rings is 1. The van der Waals surface area contributed by atoms with Gasteiger partial charge in [0, 0.05) is 38.3 Å². The molecule has 162 valence electrons. The van der Waals surface area contributed by atoms with Gasteiger partial charge in [-0.15, -0.1) is 0 Å². The van der Waals surface area contributed by atoms with Crippen molar-refractivity contribution in [2.45, 2.75) is 84.4 Å². The van der Waals surface area contributed by atoms with Gasteiger partial charge in [-0.3, -0.25) is 4.99 Å². The Kier molecular flexibility index (Phi) is 8.86. The molecule has 7 heteroatoms. The minimum atomic E-state index is -0.462. The third kappa shape index (κ3) is 8.25. The van der Waals surface area contributed by atoms with E-state index >= 15 is 0 Å². The Morgan fingerprint density at radius 2 is 1.86 bits per heavy atom. The Bertz CT molecular complexity index is 505. The molecule has 7 nitrogen and oxygen atoms in total. The van der Waals surface area contributed by atoms with Crippen molar-refractivity contribution >= 4 is 12.1 Å². The minimum Gasteiger partial charge on any atom is -0.444 e. The number of carbonyl (C=O) groups is 1. The maximum Gasteiger partial charge on any atom is 0.410 e. The van der Waals surface area contributed by atoms with Crippen molar-refractivity contribution in [3.8, 4) is 0 Å². The number of nitrogens with zero attached hydrogens (tertiary/aromatic N) is 3. The Labute approximate surface area is 171 Å². The number of rotatable bonds is 8. The quantitative estimate of drug-likeness (QED) is 0.489. The molecule has 28 heavy (non-hydrogen) atoms. The highest BCUT2D eigenvalue weighted by atomic mass is 16.6. The summed E-state index contributed by atoms with van der Waals surface area (Å²) in [5.41, 5.74) is -0.462. The number of hydrogen-bond acceptors (Lipinski definition) is 4. The maximum atomic E-state index is 12.5. The fourth-order valence-electron chi connectivity index (χ4n) is 3.53. The molecule has 0 aromatic carbocycles. The van der Waals surface area contributed by atoms with Crippen molar-refractivity contribution in [2.24, 2.45) is 4.99 Å². The number of ether oxygens (including phenoxy) is 1. The topological polar surface area (TPSA) is 69.2 Å². The molecule has 1 heterocycles. The van der Waals surface area contributed by atoms with Gasteiger partial charge in [0.05, 0.1) is 6.54 Å². The molecule has 2 fully saturated rings. The first-order valence-electron chi connectivity index (χ1n) is 11.1. The van der Waals surface area contributed by atoms with Crippen LogP contribution in [0.4, 0.5) is 4.79 Å². The Morgan fingerprint density at radius 1 is 1.18 bits per heavy atom. The molecular formula is C21H41N5O2. The monoisotopic (exact) mass is 395 g/mol. The van der Waals surface area contributed by atoms with Crippen LogP contribution in [0.25, 0.3) is 0 Å². The molecular weight excluding hydrogens is 354 g/mol. The van der Waals surface area contributed by atoms with E-state index in [9.17, 15) is 4.79 Å². The Hall–Kier alpha value is -1.50. The van der Waals surface area contributed by atoms with Gasteiger partial charge in [0.2, 0.25) is 0 Å². The van der Waals surface area contributed by atoms with Crippen molar-refractivity contribution in [3.05, 3.63) is 0 Å². The fourth-order valence-corrected chi connectivity index (χ4v) is 3.53. The largest absolute Gasteiger partial charge is 0.444 e. The highest BCUT2D eigenvalue weighted by molar-refractivity contribution is 5.80. The van der Waals surface area contributed by atoms with E-state index in [1.165, 1.54) is 13.0 Å². The van der Waals surface area contributed by atoms with Gasteiger partial charge in [-0.2, -0.15) is 0 Å². The first kappa shape index (κ1) is 22.8. The van der Waals surface area contributed by atoms with E-state index in [1.54, 1.807) is 0 Å². The van der Waals surface area contributed by atoms with Gasteiger partial charge in [0.1, 0.15) is 5.60 Å². The number of carbonyl (C=O) groups excluding carboxylic acids is 1. The Balaban J connectivity index is 1.83. The summed E-state index contributed by atoms with van der Waals surface area (Å²) in [6, 6.07) is 0.791. The lowest BCUT2D eigenvalue weighted by Crippen LogP contribution is -2.49. The average Bonchev–Trinajstić information content (AvgIpc) is 3.44. The third-order valence-electron chi connectivity index (χ3n) is 5.04. The van der Waals surface area contributed by atoms with Crippen LogP contribution in [-0.2, 0) is 4.74 Å². The molecule has 2 rings (SSSR count). The molecule has 0 bridgehead atoms. The molecule has 0 unspecified atom stereocenters. The molecule has 1 aliphatic carbocycles. The third-order valence-corrected chi connectivity index (χ3v) is 5.04. The van der Waals surface area contributed by atoms with Crippen LogP contribution in [0.1, 0.15) is 66.7 Å². The van der Waals surface area contributed by atoms with Crippen LogP contribution in [0, 0.1) is 0 Å². The average molecular weight is 396 g/mol. The standard InChI is InChI=1S/C21H41N5O2/c1-6-13-25-14-10-17(11-15-25)24-19(22-7-2)23-12-16-26(18-8-9-18)20(27)28-21(3,4)5/h17-18H,6-16H2,1-5H3,(H2,22,23,24). The molecule has 0 aromatic heterocycles. The summed E-state index contributed by atoms with van der Waals surface area (Å²) in [5.74, 6) is 0.858. The van der Waals surface area contributed by atoms with Crippen molar-refractivity contribution in [1.29, 1.82) is 0 Å². The number of likely N-dealkylation sites (tertiary alicyclic amines) is 1. The summed E-state index contributed by atoms with van der Waals surface area (Å²) in [7, 11) is 0. The molecule has 0 aromatic rings. The summed E-state index contributed by atoms with van der Waals surface area (Å²) in [5, 5.41) is 6.93. The second kappa shape index (κ2) is 10.9. The van der Waals surface area contributed by atoms with Crippen LogP contribution < -0.4 is 10.6 Å². The zero-order valence-electron chi connectivity index (χ0n) is 18.6. The number of amides is 1. The van der Waals surface area contributed by atoms with E-state index in [4.69, 9.17) is 9.73 Å². The maximum absolute atomic E-state index is 12.5. The van der Waals surface area contributed by atoms with E-state index in [0.717, 1.165) is 51.3 Å². The summed E-state index contributed by atoms with van der Waals surface area (Å²) in [6.07, 6.45) is 5.44. The second-order valence-corrected chi connectivity index (χ2v) is 8.93. The SMILES string of the molecule is CCCN1CCC(NC(=NCCN(C(=O)OC(C)(C)C)C2CC2)NCC)CC1. The number of aliphatic imine (C=N–C) groups is 1. The van der Waals surface area contributed by atoms with E-state index in [-0.39, 0.29) is 6.09 Å². The lowest BCUT2D eigenvalue weighted by molar-refractivity contribution is 0.0240. The molecule has 0 radical (unpaired) electrons. The zero-order valence-corrected chi connectivity index (χ0v) is 18.6. The number of hydrogen-bond donors (Lipinski definition) is 2. The molecule has 0 atom stereocenters. The summed E-state index contributed by atoms with van der Waals surface area (Å²) in [4.78, 5) is 21.6. The molecule has 0 spiro atoms. The number of nitrogens with one attached hydrogen (secondary N) is 2. The van der Waals surface area contributed by atoms with E-state index in [1.807, 2.05) is 25.7 Å². The van der Waals surface area contributed by atoms with Crippen LogP contribution in [0.3, 0.4) is 0 Å². The highest BCUT2D eigenvalue weighted by Gasteiger charge is 2.34. The van der Waals surface area contributed by atoms with Crippen LogP contribution in [-0.4, -0.2) is 78.8 Å². The second-order valence-electron chi connectivity index (χ2n) is 8.93. The summed E-state index contributed by atoms with van der Waals surface area (Å²) in [6.45, 7) is 15.6. The predicted octanol–water partition coefficient (Wildman–Crippen LogP) is 2.82.